The zero-order valence-corrected chi connectivity index (χ0v) is 12.7. The second-order valence-electron chi connectivity index (χ2n) is 5.24. The van der Waals surface area contributed by atoms with Crippen molar-refractivity contribution in [2.75, 3.05) is 11.9 Å². The van der Waals surface area contributed by atoms with E-state index in [0.29, 0.717) is 22.7 Å². The van der Waals surface area contributed by atoms with Crippen molar-refractivity contribution in [3.8, 4) is 11.5 Å². The van der Waals surface area contributed by atoms with E-state index in [9.17, 15) is 10.0 Å². The number of benzene rings is 2. The molecule has 6 heteroatoms. The number of aromatic nitrogens is 1. The Morgan fingerprint density at radius 3 is 2.83 bits per heavy atom. The minimum Gasteiger partial charge on any atom is -0.436 e. The molecule has 1 aromatic heterocycles. The van der Waals surface area contributed by atoms with Crippen LogP contribution in [0.15, 0.2) is 52.1 Å². The van der Waals surface area contributed by atoms with Gasteiger partial charge in [-0.3, -0.25) is 0 Å². The molecular weight excluding hydrogens is 294 g/mol. The van der Waals surface area contributed by atoms with Gasteiger partial charge in [0, 0.05) is 11.6 Å². The van der Waals surface area contributed by atoms with Gasteiger partial charge in [-0.05, 0) is 41.9 Å². The minimum absolute atomic E-state index is 0.0122. The molecule has 0 bridgehead atoms. The van der Waals surface area contributed by atoms with Gasteiger partial charge in [-0.2, -0.15) is 0 Å². The number of nitrogens with one attached hydrogen (secondary N) is 1. The number of hydrogen-bond donors (Lipinski definition) is 2. The van der Waals surface area contributed by atoms with Gasteiger partial charge in [0.15, 0.2) is 5.58 Å². The lowest BCUT2D eigenvalue weighted by Crippen LogP contribution is -2.22. The molecule has 1 heterocycles. The van der Waals surface area contributed by atoms with Crippen LogP contribution < -0.4 is 5.32 Å². The average molecular weight is 311 g/mol. The maximum absolute atomic E-state index is 11.1. The van der Waals surface area contributed by atoms with Crippen LogP contribution in [0.2, 0.25) is 0 Å². The van der Waals surface area contributed by atoms with E-state index >= 15 is 0 Å². The Bertz CT molecular complexity index is 792. The summed E-state index contributed by atoms with van der Waals surface area (Å²) in [6.45, 7) is 1.94. The number of anilines is 1. The zero-order valence-electron chi connectivity index (χ0n) is 12.7. The Kier molecular flexibility index (Phi) is 4.34. The van der Waals surface area contributed by atoms with Crippen molar-refractivity contribution in [3.63, 3.8) is 0 Å². The van der Waals surface area contributed by atoms with Gasteiger partial charge in [0.25, 0.3) is 0 Å². The highest BCUT2D eigenvalue weighted by molar-refractivity contribution is 5.78. The van der Waals surface area contributed by atoms with Gasteiger partial charge in [0.2, 0.25) is 5.89 Å². The van der Waals surface area contributed by atoms with Crippen molar-refractivity contribution >= 4 is 22.5 Å². The highest BCUT2D eigenvalue weighted by Crippen LogP contribution is 2.32. The van der Waals surface area contributed by atoms with Crippen LogP contribution in [0.25, 0.3) is 22.6 Å². The summed E-state index contributed by atoms with van der Waals surface area (Å²) in [5, 5.41) is 15.4. The van der Waals surface area contributed by atoms with E-state index in [2.05, 4.69) is 15.5 Å². The molecule has 0 spiro atoms. The van der Waals surface area contributed by atoms with E-state index in [-0.39, 0.29) is 18.3 Å². The molecule has 0 aliphatic rings. The number of fused-ring (bicyclic) bond motifs is 1. The van der Waals surface area contributed by atoms with E-state index in [1.54, 1.807) is 12.1 Å². The van der Waals surface area contributed by atoms with Crippen LogP contribution in [0, 0.1) is 4.91 Å². The Hall–Kier alpha value is -2.73. The van der Waals surface area contributed by atoms with E-state index < -0.39 is 0 Å². The fourth-order valence-electron chi connectivity index (χ4n) is 2.35. The summed E-state index contributed by atoms with van der Waals surface area (Å²) in [6.07, 6.45) is 0.738. The molecule has 0 fully saturated rings. The topological polar surface area (TPSA) is 87.7 Å². The van der Waals surface area contributed by atoms with Crippen LogP contribution in [-0.2, 0) is 0 Å². The van der Waals surface area contributed by atoms with E-state index in [0.717, 1.165) is 11.9 Å². The van der Waals surface area contributed by atoms with Gasteiger partial charge in [0.1, 0.15) is 11.2 Å². The number of hydrogen-bond acceptors (Lipinski definition) is 6. The van der Waals surface area contributed by atoms with Crippen LogP contribution >= 0.6 is 0 Å². The molecule has 0 radical (unpaired) electrons. The molecule has 6 nitrogen and oxygen atoms in total. The number of nitroso groups, excluding NO2 is 1. The Morgan fingerprint density at radius 2 is 2.13 bits per heavy atom. The van der Waals surface area contributed by atoms with E-state index in [1.807, 2.05) is 37.3 Å². The number of aliphatic hydroxyl groups is 1. The number of oxazole rings is 1. The molecule has 0 saturated carbocycles. The van der Waals surface area contributed by atoms with Crippen LogP contribution in [-0.4, -0.2) is 22.7 Å². The number of aliphatic hydroxyl groups excluding tert-OH is 1. The SMILES string of the molecule is CCC(CO)Nc1ccc(-c2nc3ccccc3o2)cc1N=O. The average Bonchev–Trinajstić information content (AvgIpc) is 3.03. The first-order chi connectivity index (χ1) is 11.2. The van der Waals surface area contributed by atoms with Crippen molar-refractivity contribution in [3.05, 3.63) is 47.4 Å². The van der Waals surface area contributed by atoms with Gasteiger partial charge in [-0.15, -0.1) is 4.91 Å². The van der Waals surface area contributed by atoms with Gasteiger partial charge < -0.3 is 14.8 Å². The Labute approximate surface area is 133 Å². The molecule has 0 saturated heterocycles. The Morgan fingerprint density at radius 1 is 1.30 bits per heavy atom. The molecular formula is C17H17N3O3. The lowest BCUT2D eigenvalue weighted by Gasteiger charge is -2.16. The fraction of sp³-hybridized carbons (Fsp3) is 0.235. The van der Waals surface area contributed by atoms with Gasteiger partial charge in [0.05, 0.1) is 12.3 Å². The molecule has 1 unspecified atom stereocenters. The maximum Gasteiger partial charge on any atom is 0.227 e. The molecule has 2 aromatic carbocycles. The Balaban J connectivity index is 1.96. The van der Waals surface area contributed by atoms with Crippen LogP contribution in [0.1, 0.15) is 13.3 Å². The molecule has 118 valence electrons. The number of rotatable bonds is 6. The molecule has 23 heavy (non-hydrogen) atoms. The van der Waals surface area contributed by atoms with Crippen LogP contribution in [0.5, 0.6) is 0 Å². The van der Waals surface area contributed by atoms with Gasteiger partial charge >= 0.3 is 0 Å². The van der Waals surface area contributed by atoms with Crippen molar-refractivity contribution in [2.45, 2.75) is 19.4 Å². The normalized spacial score (nSPS) is 12.3. The van der Waals surface area contributed by atoms with Crippen molar-refractivity contribution < 1.29 is 9.52 Å². The predicted molar refractivity (Wildman–Crippen MR) is 89.7 cm³/mol. The third-order valence-corrected chi connectivity index (χ3v) is 3.71. The maximum atomic E-state index is 11.1. The first kappa shape index (κ1) is 15.2. The largest absolute Gasteiger partial charge is 0.436 e. The summed E-state index contributed by atoms with van der Waals surface area (Å²) in [7, 11) is 0. The summed E-state index contributed by atoms with van der Waals surface area (Å²) in [6, 6.07) is 12.5. The molecule has 0 amide bonds. The van der Waals surface area contributed by atoms with Gasteiger partial charge in [-0.1, -0.05) is 19.1 Å². The molecule has 0 aliphatic carbocycles. The zero-order chi connectivity index (χ0) is 16.2. The molecule has 2 N–H and O–H groups in total. The second-order valence-corrected chi connectivity index (χ2v) is 5.24. The molecule has 0 aliphatic heterocycles. The number of nitrogens with zero attached hydrogens (tertiary/aromatic N) is 2. The smallest absolute Gasteiger partial charge is 0.227 e. The van der Waals surface area contributed by atoms with Crippen molar-refractivity contribution in [1.82, 2.24) is 4.98 Å². The van der Waals surface area contributed by atoms with Crippen LogP contribution in [0.3, 0.4) is 0 Å². The third kappa shape index (κ3) is 3.07. The highest BCUT2D eigenvalue weighted by atomic mass is 16.3. The third-order valence-electron chi connectivity index (χ3n) is 3.71. The standard InChI is InChI=1S/C17H17N3O3/c1-2-12(10-21)18-13-8-7-11(9-15(13)20-22)17-19-14-5-3-4-6-16(14)23-17/h3-9,12,18,21H,2,10H2,1H3. The molecule has 3 aromatic rings. The fourth-order valence-corrected chi connectivity index (χ4v) is 2.35. The summed E-state index contributed by atoms with van der Waals surface area (Å²) in [4.78, 5) is 15.5. The first-order valence-electron chi connectivity index (χ1n) is 7.46. The lowest BCUT2D eigenvalue weighted by molar-refractivity contribution is 0.272. The van der Waals surface area contributed by atoms with E-state index in [4.69, 9.17) is 4.42 Å². The molecule has 3 rings (SSSR count). The highest BCUT2D eigenvalue weighted by Gasteiger charge is 2.13. The minimum atomic E-state index is -0.120. The van der Waals surface area contributed by atoms with Crippen LogP contribution in [0.4, 0.5) is 11.4 Å². The number of para-hydroxylation sites is 2. The summed E-state index contributed by atoms with van der Waals surface area (Å²) >= 11 is 0. The van der Waals surface area contributed by atoms with Gasteiger partial charge in [-0.25, -0.2) is 4.98 Å². The van der Waals surface area contributed by atoms with E-state index in [1.165, 1.54) is 0 Å². The van der Waals surface area contributed by atoms with Crippen molar-refractivity contribution in [1.29, 1.82) is 0 Å². The van der Waals surface area contributed by atoms with Crippen molar-refractivity contribution in [2.24, 2.45) is 5.18 Å². The predicted octanol–water partition coefficient (Wildman–Crippen LogP) is 4.08. The summed E-state index contributed by atoms with van der Waals surface area (Å²) in [5.74, 6) is 0.442. The quantitative estimate of drug-likeness (QED) is 0.670. The molecule has 1 atom stereocenters. The monoisotopic (exact) mass is 311 g/mol. The summed E-state index contributed by atoms with van der Waals surface area (Å²) in [5.41, 5.74) is 2.98. The first-order valence-corrected chi connectivity index (χ1v) is 7.46. The second kappa shape index (κ2) is 6.58. The lowest BCUT2D eigenvalue weighted by atomic mass is 10.1. The summed E-state index contributed by atoms with van der Waals surface area (Å²) < 4.78 is 5.70.